The molecule has 1 aliphatic heterocycles. The molecule has 0 aromatic carbocycles. The van der Waals surface area contributed by atoms with Crippen molar-refractivity contribution in [1.82, 2.24) is 14.9 Å². The lowest BCUT2D eigenvalue weighted by atomic mass is 10.2. The van der Waals surface area contributed by atoms with E-state index in [1.165, 1.54) is 0 Å². The standard InChI is InChI=1S/C15H20N4O/c1-3-13-10-14(12-4-9-20-11-12)17-15(16-13)19-7-5-18(2)6-8-19/h4,9-11H,3,5-8H2,1-2H3. The van der Waals surface area contributed by atoms with Crippen molar-refractivity contribution in [2.45, 2.75) is 13.3 Å². The lowest BCUT2D eigenvalue weighted by molar-refractivity contribution is 0.311. The van der Waals surface area contributed by atoms with Gasteiger partial charge >= 0.3 is 0 Å². The normalized spacial score (nSPS) is 16.6. The molecule has 2 aromatic heterocycles. The maximum absolute atomic E-state index is 5.16. The number of likely N-dealkylation sites (N-methyl/N-ethyl adjacent to an activating group) is 1. The van der Waals surface area contributed by atoms with Crippen molar-refractivity contribution in [3.05, 3.63) is 30.4 Å². The molecule has 1 aliphatic rings. The number of nitrogens with zero attached hydrogens (tertiary/aromatic N) is 4. The Hall–Kier alpha value is -1.88. The Kier molecular flexibility index (Phi) is 3.69. The van der Waals surface area contributed by atoms with Crippen LogP contribution in [0.1, 0.15) is 12.6 Å². The highest BCUT2D eigenvalue weighted by Crippen LogP contribution is 2.22. The molecule has 106 valence electrons. The van der Waals surface area contributed by atoms with Crippen LogP contribution in [0.5, 0.6) is 0 Å². The van der Waals surface area contributed by atoms with Crippen LogP contribution in [0.2, 0.25) is 0 Å². The lowest BCUT2D eigenvalue weighted by Gasteiger charge is -2.32. The minimum atomic E-state index is 0.841. The molecule has 1 fully saturated rings. The molecule has 5 heteroatoms. The summed E-state index contributed by atoms with van der Waals surface area (Å²) in [5.41, 5.74) is 3.03. The number of piperazine rings is 1. The summed E-state index contributed by atoms with van der Waals surface area (Å²) in [6, 6.07) is 3.99. The van der Waals surface area contributed by atoms with Crippen LogP contribution in [-0.2, 0) is 6.42 Å². The van der Waals surface area contributed by atoms with E-state index < -0.39 is 0 Å². The summed E-state index contributed by atoms with van der Waals surface area (Å²) in [7, 11) is 2.15. The van der Waals surface area contributed by atoms with Crippen molar-refractivity contribution in [2.75, 3.05) is 38.1 Å². The van der Waals surface area contributed by atoms with Gasteiger partial charge in [0.25, 0.3) is 0 Å². The summed E-state index contributed by atoms with van der Waals surface area (Å²) >= 11 is 0. The Morgan fingerprint density at radius 2 is 2.00 bits per heavy atom. The molecule has 3 heterocycles. The summed E-state index contributed by atoms with van der Waals surface area (Å²) < 4.78 is 5.16. The van der Waals surface area contributed by atoms with Gasteiger partial charge in [-0.05, 0) is 25.6 Å². The molecule has 0 unspecified atom stereocenters. The van der Waals surface area contributed by atoms with E-state index in [4.69, 9.17) is 9.40 Å². The zero-order valence-corrected chi connectivity index (χ0v) is 12.0. The van der Waals surface area contributed by atoms with E-state index in [0.717, 1.165) is 55.5 Å². The zero-order valence-electron chi connectivity index (χ0n) is 12.0. The maximum atomic E-state index is 5.16. The van der Waals surface area contributed by atoms with Gasteiger partial charge in [0.1, 0.15) is 0 Å². The summed E-state index contributed by atoms with van der Waals surface area (Å²) in [5, 5.41) is 0. The summed E-state index contributed by atoms with van der Waals surface area (Å²) in [5.74, 6) is 0.841. The van der Waals surface area contributed by atoms with Gasteiger partial charge in [-0.1, -0.05) is 6.92 Å². The average molecular weight is 272 g/mol. The monoisotopic (exact) mass is 272 g/mol. The zero-order chi connectivity index (χ0) is 13.9. The Morgan fingerprint density at radius 1 is 1.20 bits per heavy atom. The van der Waals surface area contributed by atoms with Crippen LogP contribution < -0.4 is 4.90 Å². The molecule has 3 rings (SSSR count). The van der Waals surface area contributed by atoms with E-state index in [1.54, 1.807) is 12.5 Å². The molecular formula is C15H20N4O. The summed E-state index contributed by atoms with van der Waals surface area (Å²) in [4.78, 5) is 14.0. The van der Waals surface area contributed by atoms with Crippen LogP contribution in [0.15, 0.2) is 29.1 Å². The number of furan rings is 1. The highest BCUT2D eigenvalue weighted by molar-refractivity contribution is 5.59. The third-order valence-electron chi connectivity index (χ3n) is 3.73. The molecular weight excluding hydrogens is 252 g/mol. The van der Waals surface area contributed by atoms with Crippen molar-refractivity contribution in [1.29, 1.82) is 0 Å². The van der Waals surface area contributed by atoms with Gasteiger partial charge in [0, 0.05) is 37.4 Å². The number of anilines is 1. The number of rotatable bonds is 3. The van der Waals surface area contributed by atoms with Gasteiger partial charge in [-0.3, -0.25) is 0 Å². The summed E-state index contributed by atoms with van der Waals surface area (Å²) in [6.07, 6.45) is 4.32. The minimum Gasteiger partial charge on any atom is -0.472 e. The number of aryl methyl sites for hydroxylation is 1. The molecule has 0 aliphatic carbocycles. The van der Waals surface area contributed by atoms with Crippen LogP contribution in [-0.4, -0.2) is 48.1 Å². The number of aromatic nitrogens is 2. The van der Waals surface area contributed by atoms with Crippen molar-refractivity contribution < 1.29 is 4.42 Å². The maximum Gasteiger partial charge on any atom is 0.226 e. The molecule has 1 saturated heterocycles. The number of hydrogen-bond donors (Lipinski definition) is 0. The van der Waals surface area contributed by atoms with Gasteiger partial charge in [0.05, 0.1) is 18.2 Å². The highest BCUT2D eigenvalue weighted by atomic mass is 16.3. The molecule has 0 saturated carbocycles. The van der Waals surface area contributed by atoms with Crippen LogP contribution >= 0.6 is 0 Å². The summed E-state index contributed by atoms with van der Waals surface area (Å²) in [6.45, 7) is 6.19. The Balaban J connectivity index is 1.92. The molecule has 0 bridgehead atoms. The van der Waals surface area contributed by atoms with Gasteiger partial charge in [0.2, 0.25) is 5.95 Å². The number of hydrogen-bond acceptors (Lipinski definition) is 5. The molecule has 0 amide bonds. The second-order valence-corrected chi connectivity index (χ2v) is 5.20. The minimum absolute atomic E-state index is 0.841. The third kappa shape index (κ3) is 2.67. The fraction of sp³-hybridized carbons (Fsp3) is 0.467. The highest BCUT2D eigenvalue weighted by Gasteiger charge is 2.18. The fourth-order valence-electron chi connectivity index (χ4n) is 2.37. The largest absolute Gasteiger partial charge is 0.472 e. The van der Waals surface area contributed by atoms with Crippen LogP contribution in [0, 0.1) is 0 Å². The first-order valence-corrected chi connectivity index (χ1v) is 7.10. The first-order valence-electron chi connectivity index (χ1n) is 7.10. The predicted molar refractivity (Wildman–Crippen MR) is 78.8 cm³/mol. The molecule has 5 nitrogen and oxygen atoms in total. The van der Waals surface area contributed by atoms with Gasteiger partial charge in [-0.2, -0.15) is 0 Å². The second-order valence-electron chi connectivity index (χ2n) is 5.20. The van der Waals surface area contributed by atoms with Gasteiger partial charge < -0.3 is 14.2 Å². The van der Waals surface area contributed by atoms with E-state index in [9.17, 15) is 0 Å². The smallest absolute Gasteiger partial charge is 0.226 e. The molecule has 0 N–H and O–H groups in total. The van der Waals surface area contributed by atoms with E-state index >= 15 is 0 Å². The molecule has 2 aromatic rings. The van der Waals surface area contributed by atoms with E-state index in [-0.39, 0.29) is 0 Å². The fourth-order valence-corrected chi connectivity index (χ4v) is 2.37. The first kappa shape index (κ1) is 13.1. The van der Waals surface area contributed by atoms with E-state index in [1.807, 2.05) is 12.1 Å². The van der Waals surface area contributed by atoms with Crippen molar-refractivity contribution in [3.8, 4) is 11.3 Å². The van der Waals surface area contributed by atoms with Crippen molar-refractivity contribution in [2.24, 2.45) is 0 Å². The molecule has 0 radical (unpaired) electrons. The predicted octanol–water partition coefficient (Wildman–Crippen LogP) is 2.05. The van der Waals surface area contributed by atoms with Crippen LogP contribution in [0.4, 0.5) is 5.95 Å². The lowest BCUT2D eigenvalue weighted by Crippen LogP contribution is -2.45. The Labute approximate surface area is 119 Å². The average Bonchev–Trinajstić information content (AvgIpc) is 3.02. The SMILES string of the molecule is CCc1cc(-c2ccoc2)nc(N2CCN(C)CC2)n1. The van der Waals surface area contributed by atoms with Gasteiger partial charge in [0.15, 0.2) is 0 Å². The Morgan fingerprint density at radius 3 is 2.65 bits per heavy atom. The van der Waals surface area contributed by atoms with Gasteiger partial charge in [-0.15, -0.1) is 0 Å². The first-order chi connectivity index (χ1) is 9.76. The molecule has 0 atom stereocenters. The molecule has 0 spiro atoms. The quantitative estimate of drug-likeness (QED) is 0.855. The van der Waals surface area contributed by atoms with Crippen LogP contribution in [0.25, 0.3) is 11.3 Å². The van der Waals surface area contributed by atoms with E-state index in [0.29, 0.717) is 0 Å². The van der Waals surface area contributed by atoms with Crippen molar-refractivity contribution >= 4 is 5.95 Å². The van der Waals surface area contributed by atoms with E-state index in [2.05, 4.69) is 28.8 Å². The topological polar surface area (TPSA) is 45.4 Å². The Bertz CT molecular complexity index is 559. The molecule has 20 heavy (non-hydrogen) atoms. The van der Waals surface area contributed by atoms with Crippen LogP contribution in [0.3, 0.4) is 0 Å². The van der Waals surface area contributed by atoms with Crippen molar-refractivity contribution in [3.63, 3.8) is 0 Å². The second kappa shape index (κ2) is 5.63. The van der Waals surface area contributed by atoms with Gasteiger partial charge in [-0.25, -0.2) is 9.97 Å². The third-order valence-corrected chi connectivity index (χ3v) is 3.73.